The van der Waals surface area contributed by atoms with Gasteiger partial charge in [0.05, 0.1) is 23.3 Å². The predicted octanol–water partition coefficient (Wildman–Crippen LogP) is 4.59. The molecule has 1 amide bonds. The molecular weight excluding hydrogens is 398 g/mol. The number of carbonyl (C=O) groups excluding carboxylic acids is 1. The Morgan fingerprint density at radius 2 is 1.69 bits per heavy atom. The van der Waals surface area contributed by atoms with Crippen molar-refractivity contribution < 1.29 is 4.79 Å². The van der Waals surface area contributed by atoms with Crippen LogP contribution in [0.4, 0.5) is 0 Å². The predicted molar refractivity (Wildman–Crippen MR) is 127 cm³/mol. The number of hydrogen-bond acceptors (Lipinski definition) is 3. The summed E-state index contributed by atoms with van der Waals surface area (Å²) >= 11 is 0. The second-order valence-electron chi connectivity index (χ2n) is 8.06. The van der Waals surface area contributed by atoms with E-state index >= 15 is 0 Å². The van der Waals surface area contributed by atoms with E-state index in [1.807, 2.05) is 67.6 Å². The minimum Gasteiger partial charge on any atom is -0.348 e. The third kappa shape index (κ3) is 5.11. The van der Waals surface area contributed by atoms with Crippen molar-refractivity contribution in [1.82, 2.24) is 14.9 Å². The standard InChI is InChI=1S/C27H27N3O2/c1-20-10-8-16-23-26(20)28-19-30(27(23)32)18-25(31)29-24(22-14-6-3-7-15-22)17-9-13-21-11-4-2-5-12-21/h2-8,10-12,14-16,19,24H,9,13,17-18H2,1H3,(H,29,31). The fraction of sp³-hybridized carbons (Fsp3) is 0.222. The summed E-state index contributed by atoms with van der Waals surface area (Å²) < 4.78 is 1.38. The van der Waals surface area contributed by atoms with E-state index in [1.54, 1.807) is 6.07 Å². The molecule has 3 aromatic carbocycles. The average Bonchev–Trinajstić information content (AvgIpc) is 2.82. The number of aryl methyl sites for hydroxylation is 2. The van der Waals surface area contributed by atoms with Gasteiger partial charge in [-0.25, -0.2) is 4.98 Å². The lowest BCUT2D eigenvalue weighted by Gasteiger charge is -2.20. The number of benzene rings is 3. The van der Waals surface area contributed by atoms with Crippen LogP contribution >= 0.6 is 0 Å². The molecule has 1 unspecified atom stereocenters. The van der Waals surface area contributed by atoms with Gasteiger partial charge in [0.15, 0.2) is 0 Å². The molecule has 0 aliphatic heterocycles. The molecule has 0 saturated heterocycles. The van der Waals surface area contributed by atoms with Gasteiger partial charge in [0.1, 0.15) is 6.54 Å². The van der Waals surface area contributed by atoms with Crippen LogP contribution < -0.4 is 10.9 Å². The number of nitrogens with one attached hydrogen (secondary N) is 1. The van der Waals surface area contributed by atoms with Crippen molar-refractivity contribution in [2.75, 3.05) is 0 Å². The summed E-state index contributed by atoms with van der Waals surface area (Å²) in [6.45, 7) is 1.86. The van der Waals surface area contributed by atoms with Crippen LogP contribution in [0.3, 0.4) is 0 Å². The highest BCUT2D eigenvalue weighted by molar-refractivity contribution is 5.81. The third-order valence-corrected chi connectivity index (χ3v) is 5.71. The number of fused-ring (bicyclic) bond motifs is 1. The summed E-state index contributed by atoms with van der Waals surface area (Å²) in [5.74, 6) is -0.200. The fourth-order valence-electron chi connectivity index (χ4n) is 4.01. The largest absolute Gasteiger partial charge is 0.348 e. The van der Waals surface area contributed by atoms with Crippen molar-refractivity contribution in [3.8, 4) is 0 Å². The molecule has 1 atom stereocenters. The van der Waals surface area contributed by atoms with Gasteiger partial charge in [-0.05, 0) is 48.9 Å². The SMILES string of the molecule is Cc1cccc2c(=O)n(CC(=O)NC(CCCc3ccccc3)c3ccccc3)cnc12. The van der Waals surface area contributed by atoms with Crippen LogP contribution in [-0.4, -0.2) is 15.5 Å². The molecule has 0 fully saturated rings. The van der Waals surface area contributed by atoms with E-state index < -0.39 is 0 Å². The van der Waals surface area contributed by atoms with E-state index in [4.69, 9.17) is 0 Å². The molecule has 0 saturated carbocycles. The van der Waals surface area contributed by atoms with E-state index in [0.29, 0.717) is 10.9 Å². The average molecular weight is 426 g/mol. The maximum atomic E-state index is 12.9. The Labute approximate surface area is 187 Å². The zero-order chi connectivity index (χ0) is 22.3. The maximum Gasteiger partial charge on any atom is 0.261 e. The van der Waals surface area contributed by atoms with E-state index in [-0.39, 0.29) is 24.1 Å². The summed E-state index contributed by atoms with van der Waals surface area (Å²) in [6, 6.07) is 25.7. The topological polar surface area (TPSA) is 64.0 Å². The molecule has 5 heteroatoms. The van der Waals surface area contributed by atoms with Gasteiger partial charge in [-0.3, -0.25) is 14.2 Å². The van der Waals surface area contributed by atoms with E-state index in [1.165, 1.54) is 16.5 Å². The summed E-state index contributed by atoms with van der Waals surface area (Å²) in [6.07, 6.45) is 4.17. The van der Waals surface area contributed by atoms with Gasteiger partial charge in [0.2, 0.25) is 5.91 Å². The Kier molecular flexibility index (Phi) is 6.75. The van der Waals surface area contributed by atoms with E-state index in [9.17, 15) is 9.59 Å². The van der Waals surface area contributed by atoms with Crippen molar-refractivity contribution in [1.29, 1.82) is 0 Å². The summed E-state index contributed by atoms with van der Waals surface area (Å²) in [4.78, 5) is 30.1. The zero-order valence-electron chi connectivity index (χ0n) is 18.2. The number of carbonyl (C=O) groups is 1. The summed E-state index contributed by atoms with van der Waals surface area (Å²) in [5.41, 5.74) is 3.77. The number of amides is 1. The lowest BCUT2D eigenvalue weighted by atomic mass is 9.99. The monoisotopic (exact) mass is 425 g/mol. The van der Waals surface area contributed by atoms with Crippen LogP contribution in [0.25, 0.3) is 10.9 Å². The molecule has 162 valence electrons. The molecule has 0 bridgehead atoms. The van der Waals surface area contributed by atoms with Crippen LogP contribution in [-0.2, 0) is 17.8 Å². The highest BCUT2D eigenvalue weighted by atomic mass is 16.2. The Bertz CT molecular complexity index is 1250. The molecule has 5 nitrogen and oxygen atoms in total. The van der Waals surface area contributed by atoms with Crippen LogP contribution in [0, 0.1) is 6.92 Å². The first-order chi connectivity index (χ1) is 15.6. The zero-order valence-corrected chi connectivity index (χ0v) is 18.2. The lowest BCUT2D eigenvalue weighted by molar-refractivity contribution is -0.122. The van der Waals surface area contributed by atoms with Crippen LogP contribution in [0.5, 0.6) is 0 Å². The van der Waals surface area contributed by atoms with Gasteiger partial charge in [0, 0.05) is 0 Å². The second kappa shape index (κ2) is 10.1. The smallest absolute Gasteiger partial charge is 0.261 e. The van der Waals surface area contributed by atoms with Crippen molar-refractivity contribution in [3.63, 3.8) is 0 Å². The number of nitrogens with zero attached hydrogens (tertiary/aromatic N) is 2. The summed E-state index contributed by atoms with van der Waals surface area (Å²) in [5, 5.41) is 3.66. The molecule has 1 N–H and O–H groups in total. The molecule has 0 radical (unpaired) electrons. The molecule has 4 aromatic rings. The van der Waals surface area contributed by atoms with Gasteiger partial charge in [-0.15, -0.1) is 0 Å². The quantitative estimate of drug-likeness (QED) is 0.449. The molecule has 0 spiro atoms. The van der Waals surface area contributed by atoms with Crippen LogP contribution in [0.1, 0.15) is 35.6 Å². The first kappa shape index (κ1) is 21.5. The van der Waals surface area contributed by atoms with Crippen molar-refractivity contribution in [2.24, 2.45) is 0 Å². The van der Waals surface area contributed by atoms with Crippen LogP contribution in [0.2, 0.25) is 0 Å². The van der Waals surface area contributed by atoms with Crippen LogP contribution in [0.15, 0.2) is 90.0 Å². The Morgan fingerprint density at radius 3 is 2.44 bits per heavy atom. The van der Waals surface area contributed by atoms with Crippen molar-refractivity contribution in [3.05, 3.63) is 112 Å². The van der Waals surface area contributed by atoms with E-state index in [0.717, 1.165) is 30.4 Å². The fourth-order valence-corrected chi connectivity index (χ4v) is 4.01. The number of aromatic nitrogens is 2. The Balaban J connectivity index is 1.47. The first-order valence-electron chi connectivity index (χ1n) is 10.9. The molecule has 32 heavy (non-hydrogen) atoms. The van der Waals surface area contributed by atoms with E-state index in [2.05, 4.69) is 22.4 Å². The molecule has 1 heterocycles. The Morgan fingerprint density at radius 1 is 0.969 bits per heavy atom. The number of para-hydroxylation sites is 1. The molecular formula is C27H27N3O2. The van der Waals surface area contributed by atoms with Gasteiger partial charge in [-0.1, -0.05) is 72.8 Å². The van der Waals surface area contributed by atoms with Crippen molar-refractivity contribution in [2.45, 2.75) is 38.8 Å². The minimum absolute atomic E-state index is 0.0578. The molecule has 4 rings (SSSR count). The normalized spacial score (nSPS) is 11.9. The Hall–Kier alpha value is -3.73. The summed E-state index contributed by atoms with van der Waals surface area (Å²) in [7, 11) is 0. The highest BCUT2D eigenvalue weighted by Gasteiger charge is 2.16. The molecule has 0 aliphatic carbocycles. The van der Waals surface area contributed by atoms with Gasteiger partial charge in [-0.2, -0.15) is 0 Å². The second-order valence-corrected chi connectivity index (χ2v) is 8.06. The maximum absolute atomic E-state index is 12.9. The molecule has 1 aromatic heterocycles. The van der Waals surface area contributed by atoms with Gasteiger partial charge < -0.3 is 5.32 Å². The number of hydrogen-bond donors (Lipinski definition) is 1. The van der Waals surface area contributed by atoms with Crippen molar-refractivity contribution >= 4 is 16.8 Å². The lowest BCUT2D eigenvalue weighted by Crippen LogP contribution is -2.35. The first-order valence-corrected chi connectivity index (χ1v) is 10.9. The third-order valence-electron chi connectivity index (χ3n) is 5.71. The number of rotatable bonds is 8. The van der Waals surface area contributed by atoms with Gasteiger partial charge in [0.25, 0.3) is 5.56 Å². The highest BCUT2D eigenvalue weighted by Crippen LogP contribution is 2.20. The minimum atomic E-state index is -0.200. The molecule has 0 aliphatic rings. The van der Waals surface area contributed by atoms with Gasteiger partial charge >= 0.3 is 0 Å².